The number of rotatable bonds is 10. The first-order valence-corrected chi connectivity index (χ1v) is 15.0. The number of likely N-dealkylation sites (N-methyl/N-ethyl adjacent to an activating group) is 1. The van der Waals surface area contributed by atoms with Crippen molar-refractivity contribution in [3.05, 3.63) is 47.7 Å². The number of thiazole rings is 1. The zero-order valence-corrected chi connectivity index (χ0v) is 23.9. The molecule has 3 aromatic rings. The van der Waals surface area contributed by atoms with Gasteiger partial charge in [0.05, 0.1) is 24.0 Å². The Labute approximate surface area is 238 Å². The maximum Gasteiger partial charge on any atom is 0.255 e. The van der Waals surface area contributed by atoms with Gasteiger partial charge in [0.25, 0.3) is 5.89 Å². The number of likely N-dealkylation sites (tertiary alicyclic amines) is 1. The minimum Gasteiger partial charge on any atom is -0.443 e. The molecule has 1 saturated heterocycles. The molecule has 10 heteroatoms. The van der Waals surface area contributed by atoms with E-state index in [4.69, 9.17) is 9.40 Å². The lowest BCUT2D eigenvalue weighted by Crippen LogP contribution is -2.57. The quantitative estimate of drug-likeness (QED) is 0.379. The molecule has 1 aliphatic heterocycles. The zero-order chi connectivity index (χ0) is 28.1. The Hall–Kier alpha value is -3.37. The second-order valence-corrected chi connectivity index (χ2v) is 11.8. The third-order valence-corrected chi connectivity index (χ3v) is 9.16. The summed E-state index contributed by atoms with van der Waals surface area (Å²) in [6.07, 6.45) is 9.68. The number of Topliss-reactive ketones (excluding diaryl/α,β-unsaturated/α-hetero) is 1. The summed E-state index contributed by atoms with van der Waals surface area (Å²) in [6.45, 7) is 2.30. The van der Waals surface area contributed by atoms with Crippen LogP contribution in [0.1, 0.15) is 56.7 Å². The van der Waals surface area contributed by atoms with E-state index >= 15 is 0 Å². The molecule has 2 N–H and O–H groups in total. The van der Waals surface area contributed by atoms with E-state index in [-0.39, 0.29) is 29.9 Å². The van der Waals surface area contributed by atoms with Crippen molar-refractivity contribution in [1.82, 2.24) is 25.5 Å². The van der Waals surface area contributed by atoms with E-state index in [0.29, 0.717) is 23.9 Å². The van der Waals surface area contributed by atoms with Crippen LogP contribution in [0.5, 0.6) is 0 Å². The molecular formula is C30H37N5O4S. The summed E-state index contributed by atoms with van der Waals surface area (Å²) >= 11 is 1.40. The van der Waals surface area contributed by atoms with Crippen molar-refractivity contribution in [2.24, 2.45) is 5.92 Å². The molecule has 0 bridgehead atoms. The van der Waals surface area contributed by atoms with Gasteiger partial charge >= 0.3 is 0 Å². The first-order valence-electron chi connectivity index (χ1n) is 14.2. The highest BCUT2D eigenvalue weighted by atomic mass is 32.1. The number of benzene rings is 1. The molecule has 3 heterocycles. The van der Waals surface area contributed by atoms with Gasteiger partial charge in [-0.3, -0.25) is 14.4 Å². The number of hydrogen-bond donors (Lipinski definition) is 2. The third kappa shape index (κ3) is 6.18. The summed E-state index contributed by atoms with van der Waals surface area (Å²) < 4.78 is 5.48. The van der Waals surface area contributed by atoms with Crippen molar-refractivity contribution in [1.29, 1.82) is 0 Å². The van der Waals surface area contributed by atoms with Crippen LogP contribution >= 0.6 is 11.3 Å². The molecule has 2 amide bonds. The van der Waals surface area contributed by atoms with E-state index in [1.807, 2.05) is 30.3 Å². The predicted molar refractivity (Wildman–Crippen MR) is 154 cm³/mol. The molecule has 1 aliphatic carbocycles. The van der Waals surface area contributed by atoms with Crippen LogP contribution in [0.4, 0.5) is 0 Å². The molecule has 0 radical (unpaired) electrons. The van der Waals surface area contributed by atoms with Gasteiger partial charge in [-0.1, -0.05) is 49.6 Å². The van der Waals surface area contributed by atoms with E-state index < -0.39 is 18.1 Å². The maximum atomic E-state index is 14.0. The summed E-state index contributed by atoms with van der Waals surface area (Å²) in [5.74, 6) is 0.167. The molecule has 2 fully saturated rings. The summed E-state index contributed by atoms with van der Waals surface area (Å²) in [6, 6.07) is 8.22. The minimum atomic E-state index is -0.614. The third-order valence-electron chi connectivity index (χ3n) is 8.11. The van der Waals surface area contributed by atoms with Gasteiger partial charge in [-0.05, 0) is 45.6 Å². The minimum absolute atomic E-state index is 0.0112. The summed E-state index contributed by atoms with van der Waals surface area (Å²) in [4.78, 5) is 52.3. The molecular weight excluding hydrogens is 526 g/mol. The predicted octanol–water partition coefficient (Wildman–Crippen LogP) is 4.24. The van der Waals surface area contributed by atoms with Crippen LogP contribution in [-0.2, 0) is 20.8 Å². The molecule has 0 spiro atoms. The highest BCUT2D eigenvalue weighted by Gasteiger charge is 2.41. The Kier molecular flexibility index (Phi) is 9.06. The molecule has 212 valence electrons. The van der Waals surface area contributed by atoms with Gasteiger partial charge in [0.15, 0.2) is 10.8 Å². The molecule has 2 aromatic heterocycles. The lowest BCUT2D eigenvalue weighted by Gasteiger charge is -2.35. The molecule has 1 saturated carbocycles. The van der Waals surface area contributed by atoms with E-state index in [1.54, 1.807) is 25.1 Å². The van der Waals surface area contributed by atoms with Gasteiger partial charge < -0.3 is 20.0 Å². The van der Waals surface area contributed by atoms with Crippen molar-refractivity contribution in [2.75, 3.05) is 13.6 Å². The second-order valence-electron chi connectivity index (χ2n) is 10.7. The second kappa shape index (κ2) is 12.9. The Morgan fingerprint density at radius 1 is 1.10 bits per heavy atom. The molecule has 40 heavy (non-hydrogen) atoms. The van der Waals surface area contributed by atoms with Gasteiger partial charge in [0.1, 0.15) is 12.3 Å². The Balaban J connectivity index is 1.38. The topological polar surface area (TPSA) is 117 Å². The van der Waals surface area contributed by atoms with Crippen molar-refractivity contribution in [2.45, 2.75) is 76.4 Å². The van der Waals surface area contributed by atoms with Crippen molar-refractivity contribution in [3.8, 4) is 22.2 Å². The van der Waals surface area contributed by atoms with Crippen LogP contribution in [-0.4, -0.2) is 64.2 Å². The van der Waals surface area contributed by atoms with Gasteiger partial charge in [0, 0.05) is 23.4 Å². The maximum absolute atomic E-state index is 14.0. The molecule has 2 aliphatic rings. The number of nitrogens with zero attached hydrogens (tertiary/aromatic N) is 3. The van der Waals surface area contributed by atoms with Crippen LogP contribution in [0.25, 0.3) is 22.2 Å². The lowest BCUT2D eigenvalue weighted by molar-refractivity contribution is -0.142. The highest BCUT2D eigenvalue weighted by molar-refractivity contribution is 7.15. The standard InChI is InChI=1S/C30H37N5O4S/c1-19(31-2)27(37)33-26(21-12-7-4-8-13-21)30(38)35-16-9-14-22(35)23(36)18-24-25(20-10-5-3-6-11-20)34-29(40-24)28-32-15-17-39-28/h3,5-6,10-11,15,17,19,21-22,26,31H,4,7-9,12-14,16,18H2,1-2H3,(H,33,37)/t19-,22-,26-/m0/s1. The fraction of sp³-hybridized carbons (Fsp3) is 0.500. The number of nitrogens with one attached hydrogen (secondary N) is 2. The van der Waals surface area contributed by atoms with E-state index in [9.17, 15) is 14.4 Å². The Morgan fingerprint density at radius 3 is 2.58 bits per heavy atom. The van der Waals surface area contributed by atoms with Crippen LogP contribution in [0, 0.1) is 5.92 Å². The van der Waals surface area contributed by atoms with Gasteiger partial charge in [-0.25, -0.2) is 9.97 Å². The van der Waals surface area contributed by atoms with Gasteiger partial charge in [0.2, 0.25) is 11.8 Å². The van der Waals surface area contributed by atoms with Crippen molar-refractivity contribution in [3.63, 3.8) is 0 Å². The molecule has 0 unspecified atom stereocenters. The van der Waals surface area contributed by atoms with Gasteiger partial charge in [-0.2, -0.15) is 0 Å². The molecule has 3 atom stereocenters. The molecule has 9 nitrogen and oxygen atoms in total. The van der Waals surface area contributed by atoms with Crippen LogP contribution in [0.3, 0.4) is 0 Å². The van der Waals surface area contributed by atoms with Crippen molar-refractivity contribution >= 4 is 28.9 Å². The number of hydrogen-bond acceptors (Lipinski definition) is 8. The fourth-order valence-corrected chi connectivity index (χ4v) is 6.82. The average molecular weight is 564 g/mol. The SMILES string of the molecule is CN[C@@H](C)C(=O)N[C@H](C(=O)N1CCC[C@H]1C(=O)Cc1sc(-c2ncco2)nc1-c1ccccc1)C1CCCCC1. The van der Waals surface area contributed by atoms with E-state index in [0.717, 1.165) is 54.7 Å². The number of ketones is 1. The van der Waals surface area contributed by atoms with Crippen LogP contribution < -0.4 is 10.6 Å². The highest BCUT2D eigenvalue weighted by Crippen LogP contribution is 2.35. The number of aromatic nitrogens is 2. The molecule has 1 aromatic carbocycles. The summed E-state index contributed by atoms with van der Waals surface area (Å²) in [7, 11) is 1.73. The monoisotopic (exact) mass is 563 g/mol. The lowest BCUT2D eigenvalue weighted by atomic mass is 9.83. The van der Waals surface area contributed by atoms with Crippen molar-refractivity contribution < 1.29 is 18.8 Å². The first-order chi connectivity index (χ1) is 19.5. The van der Waals surface area contributed by atoms with E-state index in [1.165, 1.54) is 17.6 Å². The number of amides is 2. The van der Waals surface area contributed by atoms with Gasteiger partial charge in [-0.15, -0.1) is 11.3 Å². The first kappa shape index (κ1) is 28.2. The molecule has 5 rings (SSSR count). The Morgan fingerprint density at radius 2 is 1.88 bits per heavy atom. The van der Waals surface area contributed by atoms with Crippen LogP contribution in [0.2, 0.25) is 0 Å². The Bertz CT molecular complexity index is 1300. The zero-order valence-electron chi connectivity index (χ0n) is 23.1. The van der Waals surface area contributed by atoms with Crippen LogP contribution in [0.15, 0.2) is 47.2 Å². The smallest absolute Gasteiger partial charge is 0.255 e. The number of carbonyl (C=O) groups is 3. The largest absolute Gasteiger partial charge is 0.443 e. The number of carbonyl (C=O) groups excluding carboxylic acids is 3. The van der Waals surface area contributed by atoms with E-state index in [2.05, 4.69) is 15.6 Å². The average Bonchev–Trinajstić information content (AvgIpc) is 3.77. The normalized spacial score (nSPS) is 19.4. The number of oxazole rings is 1. The summed E-state index contributed by atoms with van der Waals surface area (Å²) in [5, 5.41) is 6.62. The summed E-state index contributed by atoms with van der Waals surface area (Å²) in [5.41, 5.74) is 1.65. The fourth-order valence-electron chi connectivity index (χ4n) is 5.79.